The first kappa shape index (κ1) is 11.6. The molecule has 0 saturated carbocycles. The third-order valence-corrected chi connectivity index (χ3v) is 3.30. The number of hydrogen-bond acceptors (Lipinski definition) is 4. The van der Waals surface area contributed by atoms with E-state index in [-0.39, 0.29) is 6.04 Å². The van der Waals surface area contributed by atoms with Crippen molar-refractivity contribution >= 4 is 11.6 Å². The van der Waals surface area contributed by atoms with Crippen molar-refractivity contribution in [2.24, 2.45) is 5.84 Å². The van der Waals surface area contributed by atoms with Gasteiger partial charge in [-0.15, -0.1) is 0 Å². The second kappa shape index (κ2) is 4.65. The fourth-order valence-corrected chi connectivity index (χ4v) is 2.36. The molecule has 1 aromatic heterocycles. The van der Waals surface area contributed by atoms with Crippen molar-refractivity contribution in [1.82, 2.24) is 5.43 Å². The normalized spacial score (nSPS) is 15.2. The lowest BCUT2D eigenvalue weighted by Gasteiger charge is -2.14. The first-order chi connectivity index (χ1) is 8.78. The van der Waals surface area contributed by atoms with Gasteiger partial charge in [0.05, 0.1) is 6.61 Å². The maximum absolute atomic E-state index is 5.79. The molecule has 1 aliphatic rings. The predicted octanol–water partition coefficient (Wildman–Crippen LogP) is 2.42. The molecule has 5 heteroatoms. The molecule has 2 aromatic rings. The zero-order valence-corrected chi connectivity index (χ0v) is 10.4. The molecule has 0 saturated heterocycles. The van der Waals surface area contributed by atoms with Gasteiger partial charge in [-0.05, 0) is 47.0 Å². The van der Waals surface area contributed by atoms with Gasteiger partial charge in [-0.3, -0.25) is 5.84 Å². The number of halogens is 1. The highest BCUT2D eigenvalue weighted by Gasteiger charge is 2.19. The number of ether oxygens (including phenoxy) is 1. The molecule has 0 bridgehead atoms. The van der Waals surface area contributed by atoms with Gasteiger partial charge in [0, 0.05) is 6.42 Å². The van der Waals surface area contributed by atoms with Crippen molar-refractivity contribution in [3.05, 3.63) is 52.4 Å². The Kier molecular flexibility index (Phi) is 2.99. The summed E-state index contributed by atoms with van der Waals surface area (Å²) in [4.78, 5) is 0. The molecule has 1 aliphatic heterocycles. The third-order valence-electron chi connectivity index (χ3n) is 3.09. The standard InChI is InChI=1S/C13H13ClN2O2/c14-12-4-3-11(18-12)13(16-15)9-1-2-10-8(7-9)5-6-17-10/h1-4,7,13,16H,5-6,15H2. The quantitative estimate of drug-likeness (QED) is 0.660. The number of nitrogens with one attached hydrogen (secondary N) is 1. The predicted molar refractivity (Wildman–Crippen MR) is 68.5 cm³/mol. The molecule has 2 heterocycles. The van der Waals surface area contributed by atoms with Gasteiger partial charge < -0.3 is 9.15 Å². The molecule has 3 rings (SSSR count). The fourth-order valence-electron chi connectivity index (χ4n) is 2.21. The van der Waals surface area contributed by atoms with Gasteiger partial charge in [-0.1, -0.05) is 6.07 Å². The Morgan fingerprint density at radius 1 is 1.28 bits per heavy atom. The summed E-state index contributed by atoms with van der Waals surface area (Å²) < 4.78 is 10.9. The maximum Gasteiger partial charge on any atom is 0.193 e. The highest BCUT2D eigenvalue weighted by molar-refractivity contribution is 6.28. The van der Waals surface area contributed by atoms with Gasteiger partial charge in [0.25, 0.3) is 0 Å². The topological polar surface area (TPSA) is 60.4 Å². The van der Waals surface area contributed by atoms with Crippen LogP contribution in [0.25, 0.3) is 0 Å². The Bertz CT molecular complexity index is 568. The van der Waals surface area contributed by atoms with E-state index in [0.29, 0.717) is 11.0 Å². The molecule has 3 N–H and O–H groups in total. The highest BCUT2D eigenvalue weighted by atomic mass is 35.5. The van der Waals surface area contributed by atoms with Gasteiger partial charge in [-0.25, -0.2) is 5.43 Å². The van der Waals surface area contributed by atoms with Crippen LogP contribution in [-0.2, 0) is 6.42 Å². The number of furan rings is 1. The van der Waals surface area contributed by atoms with E-state index in [1.807, 2.05) is 18.2 Å². The van der Waals surface area contributed by atoms with Crippen molar-refractivity contribution in [2.75, 3.05) is 6.61 Å². The van der Waals surface area contributed by atoms with E-state index in [9.17, 15) is 0 Å². The van der Waals surface area contributed by atoms with E-state index in [0.717, 1.165) is 24.3 Å². The maximum atomic E-state index is 5.79. The Balaban J connectivity index is 1.96. The van der Waals surface area contributed by atoms with E-state index in [2.05, 4.69) is 11.5 Å². The lowest BCUT2D eigenvalue weighted by atomic mass is 10.0. The molecule has 0 amide bonds. The van der Waals surface area contributed by atoms with Gasteiger partial charge in [-0.2, -0.15) is 0 Å². The van der Waals surface area contributed by atoms with E-state index in [1.165, 1.54) is 5.56 Å². The van der Waals surface area contributed by atoms with Gasteiger partial charge in [0.1, 0.15) is 17.6 Å². The minimum atomic E-state index is -0.205. The van der Waals surface area contributed by atoms with E-state index >= 15 is 0 Å². The molecule has 18 heavy (non-hydrogen) atoms. The summed E-state index contributed by atoms with van der Waals surface area (Å²) in [5, 5.41) is 0.356. The van der Waals surface area contributed by atoms with Crippen molar-refractivity contribution in [1.29, 1.82) is 0 Å². The van der Waals surface area contributed by atoms with E-state index in [4.69, 9.17) is 26.6 Å². The smallest absolute Gasteiger partial charge is 0.193 e. The zero-order valence-electron chi connectivity index (χ0n) is 9.65. The number of fused-ring (bicyclic) bond motifs is 1. The summed E-state index contributed by atoms with van der Waals surface area (Å²) in [6.45, 7) is 0.742. The molecular weight excluding hydrogens is 252 g/mol. The van der Waals surface area contributed by atoms with Crippen molar-refractivity contribution in [3.63, 3.8) is 0 Å². The number of hydrogen-bond donors (Lipinski definition) is 2. The summed E-state index contributed by atoms with van der Waals surface area (Å²) in [7, 11) is 0. The minimum absolute atomic E-state index is 0.205. The van der Waals surface area contributed by atoms with E-state index in [1.54, 1.807) is 6.07 Å². The molecule has 94 valence electrons. The lowest BCUT2D eigenvalue weighted by molar-refractivity contribution is 0.356. The highest BCUT2D eigenvalue weighted by Crippen LogP contribution is 2.31. The molecule has 1 aromatic carbocycles. The largest absolute Gasteiger partial charge is 0.493 e. The van der Waals surface area contributed by atoms with Crippen LogP contribution >= 0.6 is 11.6 Å². The van der Waals surface area contributed by atoms with Crippen molar-refractivity contribution in [2.45, 2.75) is 12.5 Å². The third kappa shape index (κ3) is 1.99. The average Bonchev–Trinajstić information content (AvgIpc) is 2.99. The lowest BCUT2D eigenvalue weighted by Crippen LogP contribution is -2.28. The minimum Gasteiger partial charge on any atom is -0.493 e. The van der Waals surface area contributed by atoms with Crippen molar-refractivity contribution < 1.29 is 9.15 Å². The Morgan fingerprint density at radius 2 is 2.17 bits per heavy atom. The molecular formula is C13H13ClN2O2. The number of benzene rings is 1. The molecule has 1 atom stereocenters. The number of nitrogens with two attached hydrogens (primary N) is 1. The summed E-state index contributed by atoms with van der Waals surface area (Å²) in [6, 6.07) is 9.35. The second-order valence-corrected chi connectivity index (χ2v) is 4.58. The van der Waals surface area contributed by atoms with Gasteiger partial charge in [0.15, 0.2) is 5.22 Å². The Labute approximate surface area is 110 Å². The molecule has 4 nitrogen and oxygen atoms in total. The first-order valence-corrected chi connectivity index (χ1v) is 6.12. The van der Waals surface area contributed by atoms with Gasteiger partial charge >= 0.3 is 0 Å². The fraction of sp³-hybridized carbons (Fsp3) is 0.231. The van der Waals surface area contributed by atoms with Crippen LogP contribution in [-0.4, -0.2) is 6.61 Å². The average molecular weight is 265 g/mol. The Morgan fingerprint density at radius 3 is 2.89 bits per heavy atom. The SMILES string of the molecule is NNC(c1ccc2c(c1)CCO2)c1ccc(Cl)o1. The van der Waals surface area contributed by atoms with Gasteiger partial charge in [0.2, 0.25) is 0 Å². The molecule has 1 unspecified atom stereocenters. The summed E-state index contributed by atoms with van der Waals surface area (Å²) in [6.07, 6.45) is 0.930. The Hall–Kier alpha value is -1.49. The summed E-state index contributed by atoms with van der Waals surface area (Å²) in [5.74, 6) is 7.25. The van der Waals surface area contributed by atoms with E-state index < -0.39 is 0 Å². The van der Waals surface area contributed by atoms with Crippen LogP contribution in [0.15, 0.2) is 34.7 Å². The second-order valence-electron chi connectivity index (χ2n) is 4.21. The van der Waals surface area contributed by atoms with Crippen LogP contribution in [0, 0.1) is 0 Å². The van der Waals surface area contributed by atoms with Crippen molar-refractivity contribution in [3.8, 4) is 5.75 Å². The zero-order chi connectivity index (χ0) is 12.5. The van der Waals surface area contributed by atoms with Crippen LogP contribution in [0.1, 0.15) is 22.9 Å². The monoisotopic (exact) mass is 264 g/mol. The first-order valence-electron chi connectivity index (χ1n) is 5.75. The van der Waals surface area contributed by atoms with Crippen LogP contribution in [0.2, 0.25) is 5.22 Å². The molecule has 0 spiro atoms. The summed E-state index contributed by atoms with van der Waals surface area (Å²) in [5.41, 5.74) is 4.98. The molecule has 0 aliphatic carbocycles. The molecule has 0 radical (unpaired) electrons. The number of rotatable bonds is 3. The van der Waals surface area contributed by atoms with Crippen LogP contribution in [0.3, 0.4) is 0 Å². The van der Waals surface area contributed by atoms with Crippen LogP contribution in [0.5, 0.6) is 5.75 Å². The summed E-state index contributed by atoms with van der Waals surface area (Å²) >= 11 is 5.79. The van der Waals surface area contributed by atoms with Crippen LogP contribution in [0.4, 0.5) is 0 Å². The molecule has 0 fully saturated rings. The van der Waals surface area contributed by atoms with Crippen LogP contribution < -0.4 is 16.0 Å². The number of hydrazine groups is 1.